The summed E-state index contributed by atoms with van der Waals surface area (Å²) in [4.78, 5) is 8.98. The van der Waals surface area contributed by atoms with Crippen LogP contribution in [0.4, 0.5) is 5.13 Å². The normalized spacial score (nSPS) is 11.2. The van der Waals surface area contributed by atoms with Crippen molar-refractivity contribution in [2.45, 2.75) is 13.8 Å². The van der Waals surface area contributed by atoms with E-state index in [4.69, 9.17) is 0 Å². The molecular formula is C15H16N4S. The molecule has 0 unspecified atom stereocenters. The van der Waals surface area contributed by atoms with Gasteiger partial charge in [-0.2, -0.15) is 9.36 Å². The minimum atomic E-state index is 0.582. The van der Waals surface area contributed by atoms with Crippen LogP contribution in [0, 0.1) is 5.92 Å². The van der Waals surface area contributed by atoms with Crippen LogP contribution in [0.15, 0.2) is 36.5 Å². The lowest BCUT2D eigenvalue weighted by molar-refractivity contribution is 0.688. The van der Waals surface area contributed by atoms with Crippen molar-refractivity contribution in [3.05, 3.63) is 36.5 Å². The highest BCUT2D eigenvalue weighted by molar-refractivity contribution is 7.09. The summed E-state index contributed by atoms with van der Waals surface area (Å²) in [5, 5.41) is 6.39. The van der Waals surface area contributed by atoms with Gasteiger partial charge in [-0.05, 0) is 17.4 Å². The average Bonchev–Trinajstić information content (AvgIpc) is 2.93. The van der Waals surface area contributed by atoms with E-state index in [-0.39, 0.29) is 0 Å². The van der Waals surface area contributed by atoms with E-state index in [1.54, 1.807) is 6.20 Å². The Kier molecular flexibility index (Phi) is 3.60. The molecule has 1 aromatic carbocycles. The fourth-order valence-corrected chi connectivity index (χ4v) is 2.56. The first-order valence-electron chi connectivity index (χ1n) is 6.66. The molecule has 0 aliphatic heterocycles. The quantitative estimate of drug-likeness (QED) is 0.791. The van der Waals surface area contributed by atoms with Crippen molar-refractivity contribution in [2.24, 2.45) is 5.92 Å². The second-order valence-corrected chi connectivity index (χ2v) is 5.83. The van der Waals surface area contributed by atoms with Crippen LogP contribution in [0.1, 0.15) is 13.8 Å². The fourth-order valence-electron chi connectivity index (χ4n) is 1.98. The molecule has 0 bridgehead atoms. The van der Waals surface area contributed by atoms with Gasteiger partial charge in [-0.3, -0.25) is 4.98 Å². The van der Waals surface area contributed by atoms with Crippen molar-refractivity contribution < 1.29 is 0 Å². The van der Waals surface area contributed by atoms with Crippen LogP contribution in [0.5, 0.6) is 0 Å². The fraction of sp³-hybridized carbons (Fsp3) is 0.267. The summed E-state index contributed by atoms with van der Waals surface area (Å²) in [6.07, 6.45) is 1.81. The Morgan fingerprint density at radius 1 is 1.20 bits per heavy atom. The van der Waals surface area contributed by atoms with Gasteiger partial charge in [0.1, 0.15) is 5.69 Å². The van der Waals surface area contributed by atoms with Crippen LogP contribution < -0.4 is 5.32 Å². The molecule has 0 radical (unpaired) electrons. The molecule has 0 aliphatic carbocycles. The van der Waals surface area contributed by atoms with Gasteiger partial charge in [0.15, 0.2) is 5.82 Å². The van der Waals surface area contributed by atoms with E-state index in [0.717, 1.165) is 28.1 Å². The highest BCUT2D eigenvalue weighted by atomic mass is 32.1. The number of nitrogens with one attached hydrogen (secondary N) is 1. The zero-order chi connectivity index (χ0) is 13.9. The highest BCUT2D eigenvalue weighted by Crippen LogP contribution is 2.26. The molecule has 3 aromatic rings. The van der Waals surface area contributed by atoms with E-state index >= 15 is 0 Å². The molecule has 0 fully saturated rings. The van der Waals surface area contributed by atoms with Gasteiger partial charge in [0.25, 0.3) is 0 Å². The molecule has 3 rings (SSSR count). The first-order valence-corrected chi connectivity index (χ1v) is 7.43. The Morgan fingerprint density at radius 3 is 2.90 bits per heavy atom. The molecule has 5 heteroatoms. The summed E-state index contributed by atoms with van der Waals surface area (Å²) in [7, 11) is 0. The molecule has 2 heterocycles. The van der Waals surface area contributed by atoms with Crippen molar-refractivity contribution in [3.63, 3.8) is 0 Å². The van der Waals surface area contributed by atoms with Gasteiger partial charge < -0.3 is 5.32 Å². The lowest BCUT2D eigenvalue weighted by atomic mass is 10.1. The molecule has 102 valence electrons. The predicted octanol–water partition coefficient (Wildman–Crippen LogP) is 3.82. The van der Waals surface area contributed by atoms with E-state index in [0.29, 0.717) is 11.7 Å². The molecule has 0 saturated heterocycles. The van der Waals surface area contributed by atoms with Gasteiger partial charge in [0, 0.05) is 29.7 Å². The van der Waals surface area contributed by atoms with Gasteiger partial charge >= 0.3 is 0 Å². The van der Waals surface area contributed by atoms with Crippen molar-refractivity contribution in [3.8, 4) is 11.5 Å². The Balaban J connectivity index is 1.95. The number of rotatable bonds is 4. The number of aromatic nitrogens is 3. The first kappa shape index (κ1) is 13.0. The molecule has 0 aliphatic rings. The van der Waals surface area contributed by atoms with Crippen LogP contribution in [-0.4, -0.2) is 20.9 Å². The minimum absolute atomic E-state index is 0.582. The summed E-state index contributed by atoms with van der Waals surface area (Å²) in [5.74, 6) is 1.27. The topological polar surface area (TPSA) is 50.7 Å². The number of benzene rings is 1. The molecule has 4 nitrogen and oxygen atoms in total. The second kappa shape index (κ2) is 5.54. The maximum Gasteiger partial charge on any atom is 0.202 e. The summed E-state index contributed by atoms with van der Waals surface area (Å²) in [6.45, 7) is 5.24. The summed E-state index contributed by atoms with van der Waals surface area (Å²) >= 11 is 1.38. The number of fused-ring (bicyclic) bond motifs is 1. The van der Waals surface area contributed by atoms with Gasteiger partial charge in [-0.15, -0.1) is 0 Å². The first-order chi connectivity index (χ1) is 9.74. The Morgan fingerprint density at radius 2 is 2.05 bits per heavy atom. The van der Waals surface area contributed by atoms with Crippen LogP contribution in [0.2, 0.25) is 0 Å². The predicted molar refractivity (Wildman–Crippen MR) is 84.0 cm³/mol. The molecule has 20 heavy (non-hydrogen) atoms. The van der Waals surface area contributed by atoms with E-state index in [1.807, 2.05) is 18.2 Å². The molecule has 0 amide bonds. The van der Waals surface area contributed by atoms with Crippen molar-refractivity contribution in [2.75, 3.05) is 11.9 Å². The maximum absolute atomic E-state index is 4.54. The van der Waals surface area contributed by atoms with Gasteiger partial charge in [0.2, 0.25) is 5.13 Å². The Bertz CT molecular complexity index is 715. The van der Waals surface area contributed by atoms with Gasteiger partial charge in [-0.1, -0.05) is 38.1 Å². The van der Waals surface area contributed by atoms with Gasteiger partial charge in [-0.25, -0.2) is 0 Å². The third-order valence-corrected chi connectivity index (χ3v) is 3.65. The number of nitrogens with zero attached hydrogens (tertiary/aromatic N) is 3. The highest BCUT2D eigenvalue weighted by Gasteiger charge is 2.11. The van der Waals surface area contributed by atoms with E-state index < -0.39 is 0 Å². The summed E-state index contributed by atoms with van der Waals surface area (Å²) in [5.41, 5.74) is 0.844. The lowest BCUT2D eigenvalue weighted by Crippen LogP contribution is -2.07. The number of hydrogen-bond acceptors (Lipinski definition) is 5. The zero-order valence-electron chi connectivity index (χ0n) is 11.5. The van der Waals surface area contributed by atoms with Crippen LogP contribution in [0.3, 0.4) is 0 Å². The number of hydrogen-bond donors (Lipinski definition) is 1. The largest absolute Gasteiger partial charge is 0.360 e. The molecular weight excluding hydrogens is 268 g/mol. The SMILES string of the molecule is CC(C)CNc1nc(-c2nccc3ccccc23)ns1. The molecule has 0 atom stereocenters. The molecule has 1 N–H and O–H groups in total. The van der Waals surface area contributed by atoms with Crippen LogP contribution >= 0.6 is 11.5 Å². The van der Waals surface area contributed by atoms with E-state index in [1.165, 1.54) is 11.5 Å². The third kappa shape index (κ3) is 2.63. The summed E-state index contributed by atoms with van der Waals surface area (Å²) < 4.78 is 4.42. The average molecular weight is 284 g/mol. The number of anilines is 1. The lowest BCUT2D eigenvalue weighted by Gasteiger charge is -2.04. The third-order valence-electron chi connectivity index (χ3n) is 2.97. The zero-order valence-corrected chi connectivity index (χ0v) is 12.3. The Hall–Kier alpha value is -2.01. The van der Waals surface area contributed by atoms with Crippen LogP contribution in [-0.2, 0) is 0 Å². The van der Waals surface area contributed by atoms with Crippen LogP contribution in [0.25, 0.3) is 22.3 Å². The monoisotopic (exact) mass is 284 g/mol. The van der Waals surface area contributed by atoms with Crippen molar-refractivity contribution >= 4 is 27.4 Å². The Labute approximate surface area is 122 Å². The van der Waals surface area contributed by atoms with Crippen molar-refractivity contribution in [1.82, 2.24) is 14.3 Å². The second-order valence-electron chi connectivity index (χ2n) is 5.08. The molecule has 0 saturated carbocycles. The minimum Gasteiger partial charge on any atom is -0.360 e. The summed E-state index contributed by atoms with van der Waals surface area (Å²) in [6, 6.07) is 10.2. The van der Waals surface area contributed by atoms with Gasteiger partial charge in [0.05, 0.1) is 0 Å². The van der Waals surface area contributed by atoms with E-state index in [2.05, 4.69) is 45.6 Å². The molecule has 0 spiro atoms. The number of pyridine rings is 1. The maximum atomic E-state index is 4.54. The smallest absolute Gasteiger partial charge is 0.202 e. The van der Waals surface area contributed by atoms with E-state index in [9.17, 15) is 0 Å². The standard InChI is InChI=1S/C15H16N4S/c1-10(2)9-17-15-18-14(19-20-15)13-12-6-4-3-5-11(12)7-8-16-13/h3-8,10H,9H2,1-2H3,(H,17,18,19). The van der Waals surface area contributed by atoms with Crippen molar-refractivity contribution in [1.29, 1.82) is 0 Å². The molecule has 2 aromatic heterocycles.